The lowest BCUT2D eigenvalue weighted by atomic mass is 9.90. The molecule has 72 valence electrons. The Bertz CT molecular complexity index is 244. The third-order valence-electron chi connectivity index (χ3n) is 2.92. The first-order chi connectivity index (χ1) is 6.42. The summed E-state index contributed by atoms with van der Waals surface area (Å²) in [6, 6.07) is 1.14. The van der Waals surface area contributed by atoms with Crippen LogP contribution in [-0.2, 0) is 0 Å². The lowest BCUT2D eigenvalue weighted by Gasteiger charge is -2.31. The normalized spacial score (nSPS) is 29.0. The van der Waals surface area contributed by atoms with Gasteiger partial charge in [0.05, 0.1) is 6.04 Å². The number of hydrogen-bond donors (Lipinski definition) is 1. The Kier molecular flexibility index (Phi) is 2.59. The molecule has 0 bridgehead atoms. The quantitative estimate of drug-likeness (QED) is 0.737. The highest BCUT2D eigenvalue weighted by Crippen LogP contribution is 2.27. The SMILES string of the molecule is CNC1CCCCC1n1cnnc1. The van der Waals surface area contributed by atoms with Crippen LogP contribution in [0.25, 0.3) is 0 Å². The molecule has 4 heteroatoms. The molecule has 1 aliphatic carbocycles. The highest BCUT2D eigenvalue weighted by Gasteiger charge is 2.24. The van der Waals surface area contributed by atoms with Gasteiger partial charge in [0.15, 0.2) is 0 Å². The number of hydrogen-bond acceptors (Lipinski definition) is 3. The highest BCUT2D eigenvalue weighted by molar-refractivity contribution is 4.86. The van der Waals surface area contributed by atoms with Crippen molar-refractivity contribution in [2.24, 2.45) is 0 Å². The Labute approximate surface area is 78.4 Å². The van der Waals surface area contributed by atoms with Crippen LogP contribution in [0.4, 0.5) is 0 Å². The molecular formula is C9H16N4. The summed E-state index contributed by atoms with van der Waals surface area (Å²) in [5.74, 6) is 0. The molecule has 0 saturated heterocycles. The van der Waals surface area contributed by atoms with Gasteiger partial charge in [0.2, 0.25) is 0 Å². The van der Waals surface area contributed by atoms with Gasteiger partial charge in [-0.1, -0.05) is 12.8 Å². The van der Waals surface area contributed by atoms with Crippen LogP contribution < -0.4 is 5.32 Å². The Hall–Kier alpha value is -0.900. The van der Waals surface area contributed by atoms with E-state index in [0.29, 0.717) is 12.1 Å². The van der Waals surface area contributed by atoms with Crippen molar-refractivity contribution >= 4 is 0 Å². The van der Waals surface area contributed by atoms with E-state index < -0.39 is 0 Å². The standard InChI is InChI=1S/C9H16N4/c1-10-8-4-2-3-5-9(8)13-6-11-12-7-13/h6-10H,2-5H2,1H3. The first-order valence-corrected chi connectivity index (χ1v) is 4.93. The molecule has 13 heavy (non-hydrogen) atoms. The number of aromatic nitrogens is 3. The molecule has 2 atom stereocenters. The molecular weight excluding hydrogens is 164 g/mol. The lowest BCUT2D eigenvalue weighted by Crippen LogP contribution is -2.37. The zero-order valence-corrected chi connectivity index (χ0v) is 7.98. The molecule has 1 N–H and O–H groups in total. The van der Waals surface area contributed by atoms with E-state index >= 15 is 0 Å². The van der Waals surface area contributed by atoms with Crippen LogP contribution in [0.3, 0.4) is 0 Å². The van der Waals surface area contributed by atoms with Gasteiger partial charge in [-0.25, -0.2) is 0 Å². The molecule has 0 amide bonds. The number of nitrogens with one attached hydrogen (secondary N) is 1. The van der Waals surface area contributed by atoms with Crippen molar-refractivity contribution in [2.75, 3.05) is 7.05 Å². The van der Waals surface area contributed by atoms with Crippen LogP contribution in [0.5, 0.6) is 0 Å². The van der Waals surface area contributed by atoms with Crippen LogP contribution in [0.2, 0.25) is 0 Å². The Balaban J connectivity index is 2.11. The summed E-state index contributed by atoms with van der Waals surface area (Å²) in [6.45, 7) is 0. The van der Waals surface area contributed by atoms with E-state index in [9.17, 15) is 0 Å². The smallest absolute Gasteiger partial charge is 0.119 e. The monoisotopic (exact) mass is 180 g/mol. The van der Waals surface area contributed by atoms with E-state index in [4.69, 9.17) is 0 Å². The minimum atomic E-state index is 0.550. The van der Waals surface area contributed by atoms with E-state index in [-0.39, 0.29) is 0 Å². The van der Waals surface area contributed by atoms with Gasteiger partial charge >= 0.3 is 0 Å². The van der Waals surface area contributed by atoms with E-state index in [1.807, 2.05) is 19.7 Å². The van der Waals surface area contributed by atoms with Gasteiger partial charge in [0, 0.05) is 6.04 Å². The third-order valence-corrected chi connectivity index (χ3v) is 2.92. The average Bonchev–Trinajstić information content (AvgIpc) is 2.70. The van der Waals surface area contributed by atoms with Crippen LogP contribution in [-0.4, -0.2) is 27.9 Å². The molecule has 0 radical (unpaired) electrons. The molecule has 4 nitrogen and oxygen atoms in total. The maximum atomic E-state index is 3.85. The van der Waals surface area contributed by atoms with E-state index in [1.54, 1.807) is 0 Å². The van der Waals surface area contributed by atoms with Crippen molar-refractivity contribution in [1.82, 2.24) is 20.1 Å². The number of nitrogens with zero attached hydrogens (tertiary/aromatic N) is 3. The van der Waals surface area contributed by atoms with Gasteiger partial charge in [-0.3, -0.25) is 0 Å². The van der Waals surface area contributed by atoms with Crippen molar-refractivity contribution in [3.05, 3.63) is 12.7 Å². The second-order valence-corrected chi connectivity index (χ2v) is 3.66. The Morgan fingerprint density at radius 1 is 1.23 bits per heavy atom. The second-order valence-electron chi connectivity index (χ2n) is 3.66. The van der Waals surface area contributed by atoms with Gasteiger partial charge in [0.1, 0.15) is 12.7 Å². The summed E-state index contributed by atoms with van der Waals surface area (Å²) in [7, 11) is 2.04. The fourth-order valence-corrected chi connectivity index (χ4v) is 2.18. The molecule has 0 aliphatic heterocycles. The minimum Gasteiger partial charge on any atom is -0.316 e. The zero-order chi connectivity index (χ0) is 9.10. The van der Waals surface area contributed by atoms with Crippen LogP contribution in [0, 0.1) is 0 Å². The lowest BCUT2D eigenvalue weighted by molar-refractivity contribution is 0.273. The summed E-state index contributed by atoms with van der Waals surface area (Å²) in [6.07, 6.45) is 8.80. The molecule has 1 saturated carbocycles. The summed E-state index contributed by atoms with van der Waals surface area (Å²) >= 11 is 0. The third kappa shape index (κ3) is 1.72. The van der Waals surface area contributed by atoms with Crippen LogP contribution in [0.1, 0.15) is 31.7 Å². The van der Waals surface area contributed by atoms with Crippen molar-refractivity contribution < 1.29 is 0 Å². The van der Waals surface area contributed by atoms with Crippen molar-refractivity contribution in [3.8, 4) is 0 Å². The Morgan fingerprint density at radius 2 is 1.92 bits per heavy atom. The molecule has 1 heterocycles. The van der Waals surface area contributed by atoms with Gasteiger partial charge in [-0.05, 0) is 19.9 Å². The zero-order valence-electron chi connectivity index (χ0n) is 7.98. The molecule has 1 aliphatic rings. The largest absolute Gasteiger partial charge is 0.316 e. The topological polar surface area (TPSA) is 42.7 Å². The van der Waals surface area contributed by atoms with E-state index in [2.05, 4.69) is 20.1 Å². The second kappa shape index (κ2) is 3.87. The molecule has 1 fully saturated rings. The minimum absolute atomic E-state index is 0.550. The molecule has 2 rings (SSSR count). The van der Waals surface area contributed by atoms with E-state index in [0.717, 1.165) is 0 Å². The predicted molar refractivity (Wildman–Crippen MR) is 50.4 cm³/mol. The maximum Gasteiger partial charge on any atom is 0.119 e. The summed E-state index contributed by atoms with van der Waals surface area (Å²) in [5.41, 5.74) is 0. The summed E-state index contributed by atoms with van der Waals surface area (Å²) in [4.78, 5) is 0. The van der Waals surface area contributed by atoms with Crippen molar-refractivity contribution in [3.63, 3.8) is 0 Å². The van der Waals surface area contributed by atoms with Crippen LogP contribution in [0.15, 0.2) is 12.7 Å². The number of likely N-dealkylation sites (N-methyl/N-ethyl adjacent to an activating group) is 1. The molecule has 2 unspecified atom stereocenters. The van der Waals surface area contributed by atoms with Gasteiger partial charge in [0.25, 0.3) is 0 Å². The summed E-state index contributed by atoms with van der Waals surface area (Å²) in [5, 5.41) is 11.1. The van der Waals surface area contributed by atoms with Gasteiger partial charge < -0.3 is 9.88 Å². The fraction of sp³-hybridized carbons (Fsp3) is 0.778. The highest BCUT2D eigenvalue weighted by atomic mass is 15.2. The fourth-order valence-electron chi connectivity index (χ4n) is 2.18. The van der Waals surface area contributed by atoms with Gasteiger partial charge in [-0.15, -0.1) is 10.2 Å². The first-order valence-electron chi connectivity index (χ1n) is 4.93. The van der Waals surface area contributed by atoms with Crippen molar-refractivity contribution in [2.45, 2.75) is 37.8 Å². The predicted octanol–water partition coefficient (Wildman–Crippen LogP) is 0.981. The maximum absolute atomic E-state index is 3.85. The molecule has 1 aromatic rings. The molecule has 0 spiro atoms. The van der Waals surface area contributed by atoms with Gasteiger partial charge in [-0.2, -0.15) is 0 Å². The average molecular weight is 180 g/mol. The van der Waals surface area contributed by atoms with Crippen molar-refractivity contribution in [1.29, 1.82) is 0 Å². The van der Waals surface area contributed by atoms with Crippen LogP contribution >= 0.6 is 0 Å². The Morgan fingerprint density at radius 3 is 2.62 bits per heavy atom. The van der Waals surface area contributed by atoms with E-state index in [1.165, 1.54) is 25.7 Å². The molecule has 0 aromatic carbocycles. The molecule has 1 aromatic heterocycles. The number of rotatable bonds is 2. The summed E-state index contributed by atoms with van der Waals surface area (Å²) < 4.78 is 2.13. The first kappa shape index (κ1) is 8.69.